The zero-order valence-corrected chi connectivity index (χ0v) is 26.7. The van der Waals surface area contributed by atoms with Crippen molar-refractivity contribution in [3.05, 3.63) is 72.7 Å². The SMILES string of the molecule is C=CC(=O)N1CCC(Nc2cc(C(N)=Nc3ccc(Oc4ccnc(N5C[C@H](C)C[C@H](C)C5)c4)cc3F)c(N=C)cc2OC)CC1. The van der Waals surface area contributed by atoms with E-state index in [0.717, 1.165) is 31.7 Å². The quantitative estimate of drug-likeness (QED) is 0.150. The van der Waals surface area contributed by atoms with Gasteiger partial charge in [-0.05, 0) is 68.2 Å². The minimum Gasteiger partial charge on any atom is -0.495 e. The Morgan fingerprint density at radius 2 is 1.80 bits per heavy atom. The third kappa shape index (κ3) is 7.64. The topological polar surface area (TPSA) is 118 Å². The number of hydrogen-bond donors (Lipinski definition) is 2. The molecular weight excluding hydrogens is 585 g/mol. The van der Waals surface area contributed by atoms with Gasteiger partial charge in [0.1, 0.15) is 34.6 Å². The Morgan fingerprint density at radius 3 is 2.46 bits per heavy atom. The van der Waals surface area contributed by atoms with Crippen LogP contribution in [0.3, 0.4) is 0 Å². The summed E-state index contributed by atoms with van der Waals surface area (Å²) in [5.74, 6) is 2.88. The first-order valence-corrected chi connectivity index (χ1v) is 15.6. The van der Waals surface area contributed by atoms with Crippen molar-refractivity contribution >= 4 is 41.3 Å². The predicted octanol–water partition coefficient (Wildman–Crippen LogP) is 6.46. The van der Waals surface area contributed by atoms with Crippen LogP contribution in [-0.4, -0.2) is 67.7 Å². The third-order valence-corrected chi connectivity index (χ3v) is 8.41. The first-order chi connectivity index (χ1) is 22.2. The summed E-state index contributed by atoms with van der Waals surface area (Å²) in [6, 6.07) is 11.7. The molecule has 3 N–H and O–H groups in total. The summed E-state index contributed by atoms with van der Waals surface area (Å²) in [5.41, 5.74) is 8.09. The van der Waals surface area contributed by atoms with Crippen molar-refractivity contribution in [1.29, 1.82) is 0 Å². The summed E-state index contributed by atoms with van der Waals surface area (Å²) in [6.45, 7) is 14.9. The van der Waals surface area contributed by atoms with Crippen LogP contribution < -0.4 is 25.4 Å². The smallest absolute Gasteiger partial charge is 0.245 e. The van der Waals surface area contributed by atoms with Gasteiger partial charge in [0.15, 0.2) is 5.82 Å². The molecule has 2 atom stereocenters. The van der Waals surface area contributed by atoms with Gasteiger partial charge in [-0.25, -0.2) is 14.4 Å². The number of aliphatic imine (C=N–C) groups is 2. The number of ether oxygens (including phenoxy) is 2. The maximum absolute atomic E-state index is 15.3. The van der Waals surface area contributed by atoms with E-state index < -0.39 is 5.82 Å². The first-order valence-electron chi connectivity index (χ1n) is 15.6. The molecule has 2 aliphatic rings. The number of nitrogens with one attached hydrogen (secondary N) is 1. The molecule has 1 amide bonds. The molecule has 10 nitrogen and oxygen atoms in total. The van der Waals surface area contributed by atoms with E-state index in [0.29, 0.717) is 59.1 Å². The van der Waals surface area contributed by atoms with E-state index in [2.05, 4.69) is 52.3 Å². The number of nitrogens with zero attached hydrogens (tertiary/aromatic N) is 5. The summed E-state index contributed by atoms with van der Waals surface area (Å²) in [4.78, 5) is 29.1. The highest BCUT2D eigenvalue weighted by Crippen LogP contribution is 2.36. The number of rotatable bonds is 10. The number of carbonyl (C=O) groups excluding carboxylic acids is 1. The Hall–Kier alpha value is -4.93. The van der Waals surface area contributed by atoms with Gasteiger partial charge in [0.2, 0.25) is 5.91 Å². The van der Waals surface area contributed by atoms with Crippen molar-refractivity contribution in [1.82, 2.24) is 9.88 Å². The van der Waals surface area contributed by atoms with Crippen LogP contribution in [-0.2, 0) is 4.79 Å². The van der Waals surface area contributed by atoms with Crippen LogP contribution in [0, 0.1) is 17.7 Å². The Bertz CT molecular complexity index is 1610. The molecule has 3 heterocycles. The normalized spacial score (nSPS) is 19.0. The first kappa shape index (κ1) is 32.5. The lowest BCUT2D eigenvalue weighted by atomic mass is 9.92. The van der Waals surface area contributed by atoms with Crippen LogP contribution in [0.4, 0.5) is 27.3 Å². The number of hydrogen-bond acceptors (Lipinski definition) is 8. The minimum atomic E-state index is -0.589. The Morgan fingerprint density at radius 1 is 1.09 bits per heavy atom. The molecule has 1 aromatic heterocycles. The molecule has 2 saturated heterocycles. The van der Waals surface area contributed by atoms with Crippen LogP contribution in [0.2, 0.25) is 0 Å². The molecule has 46 heavy (non-hydrogen) atoms. The van der Waals surface area contributed by atoms with E-state index in [9.17, 15) is 4.79 Å². The summed E-state index contributed by atoms with van der Waals surface area (Å²) in [5, 5.41) is 3.50. The van der Waals surface area contributed by atoms with Crippen molar-refractivity contribution < 1.29 is 18.7 Å². The third-order valence-electron chi connectivity index (χ3n) is 8.41. The highest BCUT2D eigenvalue weighted by molar-refractivity contribution is 6.04. The zero-order valence-electron chi connectivity index (χ0n) is 26.7. The second kappa shape index (κ2) is 14.4. The highest BCUT2D eigenvalue weighted by Gasteiger charge is 2.24. The van der Waals surface area contributed by atoms with E-state index in [4.69, 9.17) is 15.2 Å². The summed E-state index contributed by atoms with van der Waals surface area (Å²) >= 11 is 0. The van der Waals surface area contributed by atoms with Gasteiger partial charge >= 0.3 is 0 Å². The highest BCUT2D eigenvalue weighted by atomic mass is 19.1. The number of methoxy groups -OCH3 is 1. The molecule has 2 fully saturated rings. The fraction of sp³-hybridized carbons (Fsp3) is 0.371. The minimum absolute atomic E-state index is 0.0520. The Kier molecular flexibility index (Phi) is 10.2. The maximum Gasteiger partial charge on any atom is 0.245 e. The van der Waals surface area contributed by atoms with Gasteiger partial charge in [-0.2, -0.15) is 0 Å². The van der Waals surface area contributed by atoms with Gasteiger partial charge in [0.25, 0.3) is 0 Å². The molecule has 11 heteroatoms. The second-order valence-corrected chi connectivity index (χ2v) is 12.1. The number of likely N-dealkylation sites (tertiary alicyclic amines) is 1. The molecular formula is C35H42FN7O3. The average molecular weight is 628 g/mol. The van der Waals surface area contributed by atoms with Crippen molar-refractivity contribution in [2.24, 2.45) is 27.6 Å². The number of aromatic nitrogens is 1. The number of amidine groups is 1. The Labute approximate surface area is 269 Å². The fourth-order valence-corrected chi connectivity index (χ4v) is 6.23. The number of benzene rings is 2. The molecule has 0 unspecified atom stereocenters. The van der Waals surface area contributed by atoms with Gasteiger partial charge in [0.05, 0.1) is 18.5 Å². The van der Waals surface area contributed by atoms with Crippen LogP contribution >= 0.6 is 0 Å². The van der Waals surface area contributed by atoms with E-state index in [1.807, 2.05) is 6.07 Å². The number of halogens is 1. The van der Waals surface area contributed by atoms with E-state index in [1.54, 1.807) is 42.5 Å². The van der Waals surface area contributed by atoms with Crippen molar-refractivity contribution in [3.8, 4) is 17.2 Å². The lowest BCUT2D eigenvalue weighted by molar-refractivity contribution is -0.126. The molecule has 0 bridgehead atoms. The van der Waals surface area contributed by atoms with Crippen LogP contribution in [0.5, 0.6) is 17.2 Å². The van der Waals surface area contributed by atoms with Gasteiger partial charge in [-0.15, -0.1) is 0 Å². The molecule has 2 aliphatic heterocycles. The van der Waals surface area contributed by atoms with Crippen molar-refractivity contribution in [3.63, 3.8) is 0 Å². The molecule has 0 saturated carbocycles. The molecule has 2 aromatic carbocycles. The zero-order chi connectivity index (χ0) is 32.8. The second-order valence-electron chi connectivity index (χ2n) is 12.1. The Balaban J connectivity index is 1.32. The van der Waals surface area contributed by atoms with Gasteiger partial charge in [-0.3, -0.25) is 9.79 Å². The van der Waals surface area contributed by atoms with Crippen LogP contribution in [0.25, 0.3) is 0 Å². The fourth-order valence-electron chi connectivity index (χ4n) is 6.23. The molecule has 0 aliphatic carbocycles. The summed E-state index contributed by atoms with van der Waals surface area (Å²) in [6.07, 6.45) is 5.75. The maximum atomic E-state index is 15.3. The molecule has 242 valence electrons. The van der Waals surface area contributed by atoms with Gasteiger partial charge in [-0.1, -0.05) is 20.4 Å². The number of amides is 1. The number of nitrogens with two attached hydrogens (primary N) is 1. The summed E-state index contributed by atoms with van der Waals surface area (Å²) in [7, 11) is 1.57. The van der Waals surface area contributed by atoms with E-state index >= 15 is 4.39 Å². The average Bonchev–Trinajstić information content (AvgIpc) is 3.05. The number of pyridine rings is 1. The number of piperidine rings is 2. The van der Waals surface area contributed by atoms with Crippen molar-refractivity contribution in [2.75, 3.05) is 43.5 Å². The van der Waals surface area contributed by atoms with Crippen LogP contribution in [0.1, 0.15) is 38.7 Å². The standard InChI is InChI=1S/C35H42FN7O3/c1-6-34(44)42-13-10-24(11-14-42)40-31-18-27(30(38-4)19-32(31)45-5)35(37)41-29-8-7-25(16-28(29)36)46-26-9-12-39-33(17-26)43-20-22(2)15-23(3)21-43/h6-9,12,16-19,22-24,40H,1,4,10-11,13-15,20-21H2,2-3,5H3,(H2,37,41)/t22-,23+. The van der Waals surface area contributed by atoms with Gasteiger partial charge < -0.3 is 30.3 Å². The molecule has 3 aromatic rings. The number of carbonyl (C=O) groups is 1. The number of anilines is 2. The van der Waals surface area contributed by atoms with Gasteiger partial charge in [0, 0.05) is 62.2 Å². The monoisotopic (exact) mass is 627 g/mol. The lowest BCUT2D eigenvalue weighted by Crippen LogP contribution is -2.41. The molecule has 0 spiro atoms. The van der Waals surface area contributed by atoms with E-state index in [-0.39, 0.29) is 23.5 Å². The lowest BCUT2D eigenvalue weighted by Gasteiger charge is -2.35. The molecule has 5 rings (SSSR count). The summed E-state index contributed by atoms with van der Waals surface area (Å²) < 4.78 is 26.9. The van der Waals surface area contributed by atoms with E-state index in [1.165, 1.54) is 24.6 Å². The van der Waals surface area contributed by atoms with Crippen LogP contribution in [0.15, 0.2) is 71.3 Å². The van der Waals surface area contributed by atoms with Crippen molar-refractivity contribution in [2.45, 2.75) is 39.2 Å². The largest absolute Gasteiger partial charge is 0.495 e. The molecule has 0 radical (unpaired) electrons. The predicted molar refractivity (Wildman–Crippen MR) is 182 cm³/mol.